The van der Waals surface area contributed by atoms with Gasteiger partial charge >= 0.3 is 5.97 Å². The number of fused-ring (bicyclic) bond motifs is 1. The highest BCUT2D eigenvalue weighted by Crippen LogP contribution is 2.33. The van der Waals surface area contributed by atoms with Gasteiger partial charge in [0.05, 0.1) is 31.5 Å². The minimum Gasteiger partial charge on any atom is -0.493 e. The van der Waals surface area contributed by atoms with Crippen molar-refractivity contribution in [1.82, 2.24) is 4.57 Å². The van der Waals surface area contributed by atoms with Crippen LogP contribution in [0.15, 0.2) is 46.3 Å². The maximum absolute atomic E-state index is 12.9. The number of methoxy groups -OCH3 is 3. The van der Waals surface area contributed by atoms with Crippen molar-refractivity contribution in [2.24, 2.45) is 4.99 Å². The van der Waals surface area contributed by atoms with Crippen molar-refractivity contribution in [3.63, 3.8) is 0 Å². The Morgan fingerprint density at radius 1 is 1.10 bits per heavy atom. The second kappa shape index (κ2) is 10.0. The van der Waals surface area contributed by atoms with Crippen LogP contribution in [0, 0.1) is 0 Å². The number of hydrogen-bond acceptors (Lipinski definition) is 7. The number of amides is 1. The summed E-state index contributed by atoms with van der Waals surface area (Å²) in [4.78, 5) is 30.7. The first-order valence-corrected chi connectivity index (χ1v) is 11.2. The number of carbonyl (C=O) groups excluding carboxylic acids is 2. The Bertz CT molecular complexity index is 1180. The Balaban J connectivity index is 2.13. The first kappa shape index (κ1) is 22.9. The lowest BCUT2D eigenvalue weighted by atomic mass is 10.2. The second-order valence-electron chi connectivity index (χ2n) is 6.83. The number of benzene rings is 2. The molecule has 1 amide bonds. The molecule has 0 aliphatic rings. The van der Waals surface area contributed by atoms with E-state index in [1.54, 1.807) is 41.6 Å². The fourth-order valence-electron chi connectivity index (χ4n) is 2.95. The zero-order chi connectivity index (χ0) is 22.5. The smallest absolute Gasteiger partial charge is 0.325 e. The fraction of sp³-hybridized carbons (Fsp3) is 0.318. The lowest BCUT2D eigenvalue weighted by molar-refractivity contribution is -0.141. The third kappa shape index (κ3) is 5.29. The summed E-state index contributed by atoms with van der Waals surface area (Å²) in [7, 11) is 4.41. The van der Waals surface area contributed by atoms with Gasteiger partial charge in [0.2, 0.25) is 0 Å². The van der Waals surface area contributed by atoms with E-state index in [2.05, 4.69) is 18.8 Å². The van der Waals surface area contributed by atoms with Crippen LogP contribution < -0.4 is 14.3 Å². The summed E-state index contributed by atoms with van der Waals surface area (Å²) >= 11 is 2.97. The number of hydrogen-bond donors (Lipinski definition) is 0. The molecule has 0 N–H and O–H groups in total. The fourth-order valence-corrected chi connectivity index (χ4v) is 4.89. The maximum atomic E-state index is 12.9. The van der Waals surface area contributed by atoms with Crippen LogP contribution >= 0.6 is 23.1 Å². The van der Waals surface area contributed by atoms with E-state index in [-0.39, 0.29) is 12.5 Å². The van der Waals surface area contributed by atoms with Gasteiger partial charge in [-0.05, 0) is 18.2 Å². The molecule has 3 aromatic rings. The molecule has 3 rings (SSSR count). The van der Waals surface area contributed by atoms with Crippen LogP contribution in [0.2, 0.25) is 0 Å². The van der Waals surface area contributed by atoms with Crippen LogP contribution in [0.4, 0.5) is 0 Å². The van der Waals surface area contributed by atoms with Crippen molar-refractivity contribution >= 4 is 45.2 Å². The quantitative estimate of drug-likeness (QED) is 0.390. The molecule has 0 aliphatic carbocycles. The van der Waals surface area contributed by atoms with Crippen LogP contribution in [0.3, 0.4) is 0 Å². The van der Waals surface area contributed by atoms with Crippen LogP contribution in [0.5, 0.6) is 11.5 Å². The molecule has 1 aromatic heterocycles. The zero-order valence-corrected chi connectivity index (χ0v) is 19.6. The van der Waals surface area contributed by atoms with Gasteiger partial charge in [-0.1, -0.05) is 31.3 Å². The highest BCUT2D eigenvalue weighted by Gasteiger charge is 2.16. The molecule has 31 heavy (non-hydrogen) atoms. The van der Waals surface area contributed by atoms with Gasteiger partial charge < -0.3 is 18.8 Å². The topological polar surface area (TPSA) is 79.1 Å². The number of esters is 1. The molecule has 0 saturated carbocycles. The Morgan fingerprint density at radius 3 is 2.45 bits per heavy atom. The van der Waals surface area contributed by atoms with Gasteiger partial charge in [-0.2, -0.15) is 4.99 Å². The van der Waals surface area contributed by atoms with Crippen molar-refractivity contribution in [2.45, 2.75) is 30.5 Å². The Kier molecular flexibility index (Phi) is 7.40. The van der Waals surface area contributed by atoms with Crippen molar-refractivity contribution in [3.8, 4) is 11.5 Å². The SMILES string of the molecule is COC(=O)Cn1c(=NC(=O)c2cccc(SC(C)C)c2)sc2cc(OC)c(OC)cc21. The van der Waals surface area contributed by atoms with Gasteiger partial charge in [0.1, 0.15) is 6.54 Å². The molecule has 2 aromatic carbocycles. The Labute approximate surface area is 188 Å². The summed E-state index contributed by atoms with van der Waals surface area (Å²) in [5, 5.41) is 0.400. The monoisotopic (exact) mass is 460 g/mol. The molecule has 0 fully saturated rings. The van der Waals surface area contributed by atoms with Crippen molar-refractivity contribution in [3.05, 3.63) is 46.8 Å². The second-order valence-corrected chi connectivity index (χ2v) is 9.49. The van der Waals surface area contributed by atoms with Gasteiger partial charge in [-0.3, -0.25) is 9.59 Å². The molecule has 0 spiro atoms. The molecule has 0 atom stereocenters. The van der Waals surface area contributed by atoms with E-state index in [0.29, 0.717) is 32.6 Å². The van der Waals surface area contributed by atoms with Crippen LogP contribution in [-0.2, 0) is 16.1 Å². The van der Waals surface area contributed by atoms with E-state index in [9.17, 15) is 9.59 Å². The average Bonchev–Trinajstić information content (AvgIpc) is 3.07. The predicted molar refractivity (Wildman–Crippen MR) is 122 cm³/mol. The number of thioether (sulfide) groups is 1. The average molecular weight is 461 g/mol. The Hall–Kier alpha value is -2.78. The highest BCUT2D eigenvalue weighted by molar-refractivity contribution is 7.99. The predicted octanol–water partition coefficient (Wildman–Crippen LogP) is 4.13. The molecule has 7 nitrogen and oxygen atoms in total. The van der Waals surface area contributed by atoms with E-state index in [0.717, 1.165) is 9.60 Å². The molecule has 0 saturated heterocycles. The van der Waals surface area contributed by atoms with E-state index >= 15 is 0 Å². The van der Waals surface area contributed by atoms with E-state index in [1.807, 2.05) is 18.2 Å². The molecular formula is C22H24N2O5S2. The molecular weight excluding hydrogens is 436 g/mol. The number of thiazole rings is 1. The number of aromatic nitrogens is 1. The highest BCUT2D eigenvalue weighted by atomic mass is 32.2. The van der Waals surface area contributed by atoms with Crippen LogP contribution in [-0.4, -0.2) is 43.0 Å². The molecule has 0 bridgehead atoms. The van der Waals surface area contributed by atoms with Crippen molar-refractivity contribution < 1.29 is 23.8 Å². The van der Waals surface area contributed by atoms with Gasteiger partial charge in [-0.25, -0.2) is 0 Å². The standard InChI is InChI=1S/C22H24N2O5S2/c1-13(2)30-15-8-6-7-14(9-15)21(26)23-22-24(12-20(25)29-5)16-10-17(27-3)18(28-4)11-19(16)31-22/h6-11,13H,12H2,1-5H3. The Morgan fingerprint density at radius 2 is 1.81 bits per heavy atom. The van der Waals surface area contributed by atoms with E-state index in [4.69, 9.17) is 14.2 Å². The van der Waals surface area contributed by atoms with Gasteiger partial charge in [0, 0.05) is 27.8 Å². The normalized spacial score (nSPS) is 11.7. The molecule has 0 unspecified atom stereocenters. The van der Waals surface area contributed by atoms with Crippen molar-refractivity contribution in [2.75, 3.05) is 21.3 Å². The number of carbonyl (C=O) groups is 2. The zero-order valence-electron chi connectivity index (χ0n) is 18.0. The van der Waals surface area contributed by atoms with Gasteiger partial charge in [0.15, 0.2) is 16.3 Å². The summed E-state index contributed by atoms with van der Waals surface area (Å²) in [5.41, 5.74) is 1.19. The van der Waals surface area contributed by atoms with E-state index < -0.39 is 5.97 Å². The minimum atomic E-state index is -0.446. The lowest BCUT2D eigenvalue weighted by Crippen LogP contribution is -2.22. The van der Waals surface area contributed by atoms with Crippen molar-refractivity contribution in [1.29, 1.82) is 0 Å². The first-order chi connectivity index (χ1) is 14.9. The molecule has 9 heteroatoms. The molecule has 0 radical (unpaired) electrons. The maximum Gasteiger partial charge on any atom is 0.325 e. The minimum absolute atomic E-state index is 0.0820. The molecule has 1 heterocycles. The summed E-state index contributed by atoms with van der Waals surface area (Å²) in [6, 6.07) is 10.9. The largest absolute Gasteiger partial charge is 0.493 e. The van der Waals surface area contributed by atoms with Gasteiger partial charge in [0.25, 0.3) is 5.91 Å². The first-order valence-electron chi connectivity index (χ1n) is 9.54. The third-order valence-corrected chi connectivity index (χ3v) is 6.39. The van der Waals surface area contributed by atoms with Crippen LogP contribution in [0.1, 0.15) is 24.2 Å². The van der Waals surface area contributed by atoms with Crippen LogP contribution in [0.25, 0.3) is 10.2 Å². The summed E-state index contributed by atoms with van der Waals surface area (Å²) in [6.07, 6.45) is 0. The molecule has 164 valence electrons. The molecule has 0 aliphatic heterocycles. The lowest BCUT2D eigenvalue weighted by Gasteiger charge is -2.09. The number of ether oxygens (including phenoxy) is 3. The number of nitrogens with zero attached hydrogens (tertiary/aromatic N) is 2. The van der Waals surface area contributed by atoms with E-state index in [1.165, 1.54) is 25.6 Å². The summed E-state index contributed by atoms with van der Waals surface area (Å²) < 4.78 is 18.0. The summed E-state index contributed by atoms with van der Waals surface area (Å²) in [5.74, 6) is 0.245. The third-order valence-electron chi connectivity index (χ3n) is 4.35. The number of rotatable bonds is 7. The summed E-state index contributed by atoms with van der Waals surface area (Å²) in [6.45, 7) is 4.11. The van der Waals surface area contributed by atoms with Gasteiger partial charge in [-0.15, -0.1) is 11.8 Å².